The van der Waals surface area contributed by atoms with Gasteiger partial charge in [-0.05, 0) is 31.4 Å². The number of amides is 2. The third kappa shape index (κ3) is 4.38. The van der Waals surface area contributed by atoms with Gasteiger partial charge < -0.3 is 19.3 Å². The van der Waals surface area contributed by atoms with Gasteiger partial charge in [0, 0.05) is 25.9 Å². The van der Waals surface area contributed by atoms with E-state index in [0.717, 1.165) is 25.1 Å². The number of ether oxygens (including phenoxy) is 2. The topological polar surface area (TPSA) is 59.1 Å². The van der Waals surface area contributed by atoms with Gasteiger partial charge >= 0.3 is 0 Å². The van der Waals surface area contributed by atoms with Crippen LogP contribution in [0.4, 0.5) is 5.69 Å². The zero-order chi connectivity index (χ0) is 17.6. The highest BCUT2D eigenvalue weighted by molar-refractivity contribution is 6.01. The van der Waals surface area contributed by atoms with Gasteiger partial charge in [0.2, 0.25) is 11.8 Å². The van der Waals surface area contributed by atoms with Crippen LogP contribution in [-0.2, 0) is 19.1 Å². The minimum absolute atomic E-state index is 0.0117. The molecule has 0 bridgehead atoms. The van der Waals surface area contributed by atoms with Crippen LogP contribution in [0.15, 0.2) is 30.3 Å². The number of nitrogens with zero attached hydrogens (tertiary/aromatic N) is 2. The molecule has 0 aromatic heterocycles. The fourth-order valence-corrected chi connectivity index (χ4v) is 3.39. The molecule has 2 aliphatic rings. The lowest BCUT2D eigenvalue weighted by molar-refractivity contribution is -0.137. The number of rotatable bonds is 7. The van der Waals surface area contributed by atoms with Crippen molar-refractivity contribution in [2.45, 2.75) is 37.8 Å². The lowest BCUT2D eigenvalue weighted by atomic mass is 10.2. The molecule has 2 fully saturated rings. The highest BCUT2D eigenvalue weighted by Crippen LogP contribution is 2.24. The Morgan fingerprint density at radius 2 is 2.12 bits per heavy atom. The molecule has 6 heteroatoms. The minimum Gasteiger partial charge on any atom is -0.378 e. The zero-order valence-electron chi connectivity index (χ0n) is 14.7. The fourth-order valence-electron chi connectivity index (χ4n) is 3.39. The average Bonchev–Trinajstić information content (AvgIpc) is 3.28. The Labute approximate surface area is 148 Å². The van der Waals surface area contributed by atoms with E-state index in [1.54, 1.807) is 16.8 Å². The van der Waals surface area contributed by atoms with Crippen LogP contribution in [0.25, 0.3) is 0 Å². The third-order valence-electron chi connectivity index (χ3n) is 4.89. The summed E-state index contributed by atoms with van der Waals surface area (Å²) in [7, 11) is 1.71. The first kappa shape index (κ1) is 17.9. The molecule has 2 atom stereocenters. The van der Waals surface area contributed by atoms with E-state index in [-0.39, 0.29) is 24.0 Å². The summed E-state index contributed by atoms with van der Waals surface area (Å²) in [6.07, 6.45) is 3.23. The first-order chi connectivity index (χ1) is 12.2. The van der Waals surface area contributed by atoms with Crippen molar-refractivity contribution in [3.05, 3.63) is 30.3 Å². The summed E-state index contributed by atoms with van der Waals surface area (Å²) in [4.78, 5) is 28.3. The monoisotopic (exact) mass is 346 g/mol. The van der Waals surface area contributed by atoms with Gasteiger partial charge in [-0.3, -0.25) is 9.59 Å². The summed E-state index contributed by atoms with van der Waals surface area (Å²) < 4.78 is 11.0. The molecular weight excluding hydrogens is 320 g/mol. The largest absolute Gasteiger partial charge is 0.378 e. The number of carbonyl (C=O) groups excluding carboxylic acids is 2. The van der Waals surface area contributed by atoms with Crippen molar-refractivity contribution in [1.29, 1.82) is 0 Å². The van der Waals surface area contributed by atoms with Crippen LogP contribution in [0.3, 0.4) is 0 Å². The van der Waals surface area contributed by atoms with Gasteiger partial charge in [0.25, 0.3) is 0 Å². The Hall–Kier alpha value is -1.92. The van der Waals surface area contributed by atoms with Crippen LogP contribution >= 0.6 is 0 Å². The number of benzene rings is 1. The maximum Gasteiger partial charge on any atom is 0.249 e. The summed E-state index contributed by atoms with van der Waals surface area (Å²) >= 11 is 0. The Morgan fingerprint density at radius 3 is 2.84 bits per heavy atom. The van der Waals surface area contributed by atoms with Crippen molar-refractivity contribution in [3.63, 3.8) is 0 Å². The summed E-state index contributed by atoms with van der Waals surface area (Å²) in [6, 6.07) is 9.20. The van der Waals surface area contributed by atoms with Gasteiger partial charge in [0.05, 0.1) is 25.7 Å². The van der Waals surface area contributed by atoms with Crippen molar-refractivity contribution in [2.75, 3.05) is 38.3 Å². The van der Waals surface area contributed by atoms with E-state index < -0.39 is 0 Å². The van der Waals surface area contributed by atoms with Gasteiger partial charge in [-0.25, -0.2) is 0 Å². The van der Waals surface area contributed by atoms with E-state index in [1.165, 1.54) is 0 Å². The predicted molar refractivity (Wildman–Crippen MR) is 94.4 cm³/mol. The van der Waals surface area contributed by atoms with Crippen LogP contribution < -0.4 is 4.90 Å². The smallest absolute Gasteiger partial charge is 0.249 e. The number of hydrogen-bond acceptors (Lipinski definition) is 4. The molecule has 2 amide bonds. The standard InChI is InChI=1S/C19H26N2O4/c1-20(18(22)10-13-24-14-16-8-5-12-25-16)17-9-11-21(19(17)23)15-6-3-2-4-7-15/h2-4,6-7,16-17H,5,8-14H2,1H3/t16-,17-/m0/s1. The van der Waals surface area contributed by atoms with Crippen molar-refractivity contribution in [2.24, 2.45) is 0 Å². The molecule has 0 unspecified atom stereocenters. The molecule has 1 aromatic carbocycles. The maximum absolute atomic E-state index is 12.6. The van der Waals surface area contributed by atoms with Crippen molar-refractivity contribution in [1.82, 2.24) is 4.90 Å². The summed E-state index contributed by atoms with van der Waals surface area (Å²) in [5, 5.41) is 0. The number of hydrogen-bond donors (Lipinski definition) is 0. The number of para-hydroxylation sites is 1. The van der Waals surface area contributed by atoms with Crippen molar-refractivity contribution >= 4 is 17.5 Å². The molecular formula is C19H26N2O4. The summed E-state index contributed by atoms with van der Waals surface area (Å²) in [6.45, 7) is 2.35. The Bertz CT molecular complexity index is 586. The Kier molecular flexibility index (Phi) is 6.04. The highest BCUT2D eigenvalue weighted by Gasteiger charge is 2.36. The van der Waals surface area contributed by atoms with Gasteiger partial charge in [-0.2, -0.15) is 0 Å². The predicted octanol–water partition coefficient (Wildman–Crippen LogP) is 1.84. The first-order valence-electron chi connectivity index (χ1n) is 8.98. The molecule has 0 saturated carbocycles. The summed E-state index contributed by atoms with van der Waals surface area (Å²) in [5.41, 5.74) is 0.885. The SMILES string of the molecule is CN(C(=O)CCOC[C@@H]1CCCO1)[C@H]1CCN(c2ccccc2)C1=O. The number of likely N-dealkylation sites (N-methyl/N-ethyl adjacent to an activating group) is 1. The zero-order valence-corrected chi connectivity index (χ0v) is 14.7. The molecule has 0 radical (unpaired) electrons. The minimum atomic E-state index is -0.383. The van der Waals surface area contributed by atoms with Crippen LogP contribution in [0.1, 0.15) is 25.7 Å². The van der Waals surface area contributed by atoms with Crippen LogP contribution in [0.2, 0.25) is 0 Å². The Morgan fingerprint density at radius 1 is 1.32 bits per heavy atom. The average molecular weight is 346 g/mol. The highest BCUT2D eigenvalue weighted by atomic mass is 16.5. The molecule has 2 heterocycles. The quantitative estimate of drug-likeness (QED) is 0.707. The van der Waals surface area contributed by atoms with E-state index >= 15 is 0 Å². The fraction of sp³-hybridized carbons (Fsp3) is 0.579. The van der Waals surface area contributed by atoms with Crippen LogP contribution in [-0.4, -0.2) is 62.3 Å². The lowest BCUT2D eigenvalue weighted by Gasteiger charge is -2.24. The molecule has 2 aliphatic heterocycles. The van der Waals surface area contributed by atoms with Gasteiger partial charge in [0.15, 0.2) is 0 Å². The second-order valence-electron chi connectivity index (χ2n) is 6.59. The van der Waals surface area contributed by atoms with E-state index in [9.17, 15) is 9.59 Å². The molecule has 1 aromatic rings. The normalized spacial score (nSPS) is 23.2. The molecule has 136 valence electrons. The molecule has 0 aliphatic carbocycles. The van der Waals surface area contributed by atoms with Gasteiger partial charge in [-0.1, -0.05) is 18.2 Å². The van der Waals surface area contributed by atoms with Crippen molar-refractivity contribution in [3.8, 4) is 0 Å². The molecule has 25 heavy (non-hydrogen) atoms. The number of carbonyl (C=O) groups is 2. The first-order valence-corrected chi connectivity index (χ1v) is 8.98. The molecule has 0 spiro atoms. The second-order valence-corrected chi connectivity index (χ2v) is 6.59. The van der Waals surface area contributed by atoms with E-state index in [0.29, 0.717) is 32.6 Å². The Balaban J connectivity index is 1.44. The van der Waals surface area contributed by atoms with Crippen LogP contribution in [0, 0.1) is 0 Å². The molecule has 2 saturated heterocycles. The van der Waals surface area contributed by atoms with E-state index in [2.05, 4.69) is 0 Å². The third-order valence-corrected chi connectivity index (χ3v) is 4.89. The molecule has 0 N–H and O–H groups in total. The summed E-state index contributed by atoms with van der Waals surface area (Å²) in [5.74, 6) is -0.0667. The van der Waals surface area contributed by atoms with E-state index in [4.69, 9.17) is 9.47 Å². The van der Waals surface area contributed by atoms with Gasteiger partial charge in [-0.15, -0.1) is 0 Å². The number of anilines is 1. The van der Waals surface area contributed by atoms with Crippen molar-refractivity contribution < 1.29 is 19.1 Å². The van der Waals surface area contributed by atoms with Gasteiger partial charge in [0.1, 0.15) is 6.04 Å². The van der Waals surface area contributed by atoms with Crippen LogP contribution in [0.5, 0.6) is 0 Å². The lowest BCUT2D eigenvalue weighted by Crippen LogP contribution is -2.43. The van der Waals surface area contributed by atoms with E-state index in [1.807, 2.05) is 30.3 Å². The maximum atomic E-state index is 12.6. The molecule has 6 nitrogen and oxygen atoms in total. The second kappa shape index (κ2) is 8.45. The molecule has 3 rings (SSSR count).